The highest BCUT2D eigenvalue weighted by Crippen LogP contribution is 2.20. The first-order valence-corrected chi connectivity index (χ1v) is 10.4. The van der Waals surface area contributed by atoms with E-state index in [1.54, 1.807) is 6.20 Å². The van der Waals surface area contributed by atoms with Gasteiger partial charge in [-0.15, -0.1) is 0 Å². The first kappa shape index (κ1) is 19.8. The SMILES string of the molecule is C1=CCCC(CCCCc2nc(Nc3ccccc3)nc(Nc3ccccn3)n2)=C1. The van der Waals surface area contributed by atoms with Crippen molar-refractivity contribution in [1.29, 1.82) is 0 Å². The number of unbranched alkanes of at least 4 members (excludes halogenated alkanes) is 1. The minimum absolute atomic E-state index is 0.497. The predicted molar refractivity (Wildman–Crippen MR) is 121 cm³/mol. The van der Waals surface area contributed by atoms with Crippen LogP contribution in [0.3, 0.4) is 0 Å². The van der Waals surface area contributed by atoms with Crippen LogP contribution < -0.4 is 10.6 Å². The van der Waals surface area contributed by atoms with Crippen LogP contribution in [0, 0.1) is 0 Å². The summed E-state index contributed by atoms with van der Waals surface area (Å²) in [5, 5.41) is 6.46. The topological polar surface area (TPSA) is 75.6 Å². The summed E-state index contributed by atoms with van der Waals surface area (Å²) in [6.45, 7) is 0. The van der Waals surface area contributed by atoms with Gasteiger partial charge in [0.15, 0.2) is 0 Å². The zero-order valence-corrected chi connectivity index (χ0v) is 17.0. The third-order valence-corrected chi connectivity index (χ3v) is 4.86. The van der Waals surface area contributed by atoms with Crippen LogP contribution in [0.1, 0.15) is 37.9 Å². The molecule has 0 fully saturated rings. The lowest BCUT2D eigenvalue weighted by Gasteiger charge is -2.11. The molecule has 1 aliphatic rings. The van der Waals surface area contributed by atoms with Gasteiger partial charge in [0.1, 0.15) is 11.6 Å². The van der Waals surface area contributed by atoms with Crippen molar-refractivity contribution in [2.45, 2.75) is 38.5 Å². The quantitative estimate of drug-likeness (QED) is 0.448. The lowest BCUT2D eigenvalue weighted by Crippen LogP contribution is -2.08. The van der Waals surface area contributed by atoms with Crippen molar-refractivity contribution >= 4 is 23.4 Å². The molecular formula is C24H26N6. The first-order valence-electron chi connectivity index (χ1n) is 10.4. The van der Waals surface area contributed by atoms with Gasteiger partial charge in [0.05, 0.1) is 0 Å². The summed E-state index contributed by atoms with van der Waals surface area (Å²) in [6, 6.07) is 15.6. The third-order valence-electron chi connectivity index (χ3n) is 4.86. The van der Waals surface area contributed by atoms with E-state index in [1.807, 2.05) is 48.5 Å². The average Bonchev–Trinajstić information content (AvgIpc) is 2.79. The lowest BCUT2D eigenvalue weighted by atomic mass is 9.99. The van der Waals surface area contributed by atoms with E-state index in [2.05, 4.69) is 48.8 Å². The minimum atomic E-state index is 0.497. The summed E-state index contributed by atoms with van der Waals surface area (Å²) < 4.78 is 0. The number of para-hydroxylation sites is 1. The van der Waals surface area contributed by atoms with Crippen LogP contribution in [0.4, 0.5) is 23.4 Å². The Hall–Kier alpha value is -3.54. The van der Waals surface area contributed by atoms with E-state index in [4.69, 9.17) is 0 Å². The second-order valence-electron chi connectivity index (χ2n) is 7.23. The van der Waals surface area contributed by atoms with E-state index >= 15 is 0 Å². The minimum Gasteiger partial charge on any atom is -0.324 e. The summed E-state index contributed by atoms with van der Waals surface area (Å²) in [6.07, 6.45) is 14.9. The van der Waals surface area contributed by atoms with E-state index in [1.165, 1.54) is 12.0 Å². The Morgan fingerprint density at radius 3 is 2.37 bits per heavy atom. The monoisotopic (exact) mass is 398 g/mol. The van der Waals surface area contributed by atoms with E-state index in [9.17, 15) is 0 Å². The molecule has 2 heterocycles. The Morgan fingerprint density at radius 2 is 1.60 bits per heavy atom. The van der Waals surface area contributed by atoms with E-state index < -0.39 is 0 Å². The molecular weight excluding hydrogens is 372 g/mol. The van der Waals surface area contributed by atoms with Gasteiger partial charge in [-0.2, -0.15) is 15.0 Å². The molecule has 0 bridgehead atoms. The van der Waals surface area contributed by atoms with Crippen LogP contribution in [-0.2, 0) is 6.42 Å². The zero-order chi connectivity index (χ0) is 20.4. The molecule has 1 aromatic carbocycles. The molecule has 2 aromatic heterocycles. The number of hydrogen-bond acceptors (Lipinski definition) is 6. The maximum Gasteiger partial charge on any atom is 0.233 e. The van der Waals surface area contributed by atoms with Gasteiger partial charge in [-0.1, -0.05) is 48.1 Å². The largest absolute Gasteiger partial charge is 0.324 e. The van der Waals surface area contributed by atoms with Gasteiger partial charge in [0.2, 0.25) is 11.9 Å². The second-order valence-corrected chi connectivity index (χ2v) is 7.23. The highest BCUT2D eigenvalue weighted by atomic mass is 15.2. The average molecular weight is 399 g/mol. The maximum atomic E-state index is 4.64. The second kappa shape index (κ2) is 10.3. The van der Waals surface area contributed by atoms with Crippen molar-refractivity contribution in [3.8, 4) is 0 Å². The summed E-state index contributed by atoms with van der Waals surface area (Å²) in [4.78, 5) is 18.1. The number of hydrogen-bond donors (Lipinski definition) is 2. The number of aryl methyl sites for hydroxylation is 1. The maximum absolute atomic E-state index is 4.64. The van der Waals surface area contributed by atoms with Crippen molar-refractivity contribution in [1.82, 2.24) is 19.9 Å². The number of allylic oxidation sites excluding steroid dienone is 4. The lowest BCUT2D eigenvalue weighted by molar-refractivity contribution is 0.686. The van der Waals surface area contributed by atoms with Gasteiger partial charge in [0, 0.05) is 18.3 Å². The molecule has 4 rings (SSSR count). The molecule has 3 aromatic rings. The fraction of sp³-hybridized carbons (Fsp3) is 0.250. The van der Waals surface area contributed by atoms with Gasteiger partial charge >= 0.3 is 0 Å². The molecule has 6 heteroatoms. The molecule has 2 N–H and O–H groups in total. The van der Waals surface area contributed by atoms with E-state index in [0.29, 0.717) is 17.7 Å². The molecule has 30 heavy (non-hydrogen) atoms. The predicted octanol–water partition coefficient (Wildman–Crippen LogP) is 5.74. The van der Waals surface area contributed by atoms with E-state index in [0.717, 1.165) is 43.6 Å². The molecule has 1 aliphatic carbocycles. The van der Waals surface area contributed by atoms with Gasteiger partial charge in [-0.3, -0.25) is 0 Å². The van der Waals surface area contributed by atoms with Gasteiger partial charge in [-0.05, 0) is 56.4 Å². The molecule has 0 aliphatic heterocycles. The fourth-order valence-electron chi connectivity index (χ4n) is 3.34. The van der Waals surface area contributed by atoms with Crippen LogP contribution in [0.5, 0.6) is 0 Å². The molecule has 0 atom stereocenters. The summed E-state index contributed by atoms with van der Waals surface area (Å²) in [7, 11) is 0. The Morgan fingerprint density at radius 1 is 0.800 bits per heavy atom. The number of nitrogens with zero attached hydrogens (tertiary/aromatic N) is 4. The van der Waals surface area contributed by atoms with Crippen molar-refractivity contribution in [3.05, 3.63) is 84.4 Å². The molecule has 0 spiro atoms. The molecule has 0 unspecified atom stereocenters. The molecule has 152 valence electrons. The summed E-state index contributed by atoms with van der Waals surface area (Å²) >= 11 is 0. The molecule has 0 saturated heterocycles. The van der Waals surface area contributed by atoms with Crippen molar-refractivity contribution in [2.24, 2.45) is 0 Å². The van der Waals surface area contributed by atoms with Crippen LogP contribution >= 0.6 is 0 Å². The van der Waals surface area contributed by atoms with Crippen LogP contribution in [-0.4, -0.2) is 19.9 Å². The number of anilines is 4. The first-order chi connectivity index (χ1) is 14.8. The summed E-state index contributed by atoms with van der Waals surface area (Å²) in [5.74, 6) is 2.51. The van der Waals surface area contributed by atoms with Gasteiger partial charge in [-0.25, -0.2) is 4.98 Å². The summed E-state index contributed by atoms with van der Waals surface area (Å²) in [5.41, 5.74) is 2.48. The number of rotatable bonds is 9. The van der Waals surface area contributed by atoms with Crippen LogP contribution in [0.2, 0.25) is 0 Å². The van der Waals surface area contributed by atoms with Gasteiger partial charge < -0.3 is 10.6 Å². The van der Waals surface area contributed by atoms with Gasteiger partial charge in [0.25, 0.3) is 0 Å². The number of benzene rings is 1. The van der Waals surface area contributed by atoms with Crippen molar-refractivity contribution in [3.63, 3.8) is 0 Å². The van der Waals surface area contributed by atoms with Crippen molar-refractivity contribution in [2.75, 3.05) is 10.6 Å². The zero-order valence-electron chi connectivity index (χ0n) is 17.0. The third kappa shape index (κ3) is 5.98. The molecule has 0 saturated carbocycles. The molecule has 0 radical (unpaired) electrons. The highest BCUT2D eigenvalue weighted by Gasteiger charge is 2.09. The Kier molecular flexibility index (Phi) is 6.78. The normalized spacial score (nSPS) is 13.0. The number of nitrogens with one attached hydrogen (secondary N) is 2. The highest BCUT2D eigenvalue weighted by molar-refractivity contribution is 5.55. The molecule has 6 nitrogen and oxygen atoms in total. The van der Waals surface area contributed by atoms with E-state index in [-0.39, 0.29) is 0 Å². The number of pyridine rings is 1. The molecule has 0 amide bonds. The fourth-order valence-corrected chi connectivity index (χ4v) is 3.34. The Labute approximate surface area is 177 Å². The standard InChI is InChI=1S/C24H26N6/c1-3-11-19(12-4-1)13-7-8-17-22-28-23(26-20-14-5-2-6-15-20)30-24(29-22)27-21-16-9-10-18-25-21/h1-3,5-6,9-11,14-16,18H,4,7-8,12-13,17H2,(H2,25,26,27,28,29,30). The Bertz CT molecular complexity index is 939. The Balaban J connectivity index is 1.44. The van der Waals surface area contributed by atoms with Crippen LogP contribution in [0.15, 0.2) is 78.5 Å². The van der Waals surface area contributed by atoms with Crippen LogP contribution in [0.25, 0.3) is 0 Å². The smallest absolute Gasteiger partial charge is 0.233 e. The number of aromatic nitrogens is 4. The van der Waals surface area contributed by atoms with Crippen molar-refractivity contribution < 1.29 is 0 Å².